The van der Waals surface area contributed by atoms with Crippen LogP contribution < -0.4 is 5.32 Å². The van der Waals surface area contributed by atoms with E-state index < -0.39 is 10.0 Å². The lowest BCUT2D eigenvalue weighted by atomic mass is 10.4. The zero-order chi connectivity index (χ0) is 15.5. The Labute approximate surface area is 129 Å². The van der Waals surface area contributed by atoms with Crippen LogP contribution in [-0.2, 0) is 23.1 Å². The molecule has 0 radical (unpaired) electrons. The standard InChI is InChI=1S/C14H20N2O3S2/c1-4-15-9-13-8-14(11(2)20-13)21(17,18)16(3)10-12-6-5-7-19-12/h5-8,15H,4,9-10H2,1-3H3. The lowest BCUT2D eigenvalue weighted by Crippen LogP contribution is -2.26. The van der Waals surface area contributed by atoms with Crippen molar-refractivity contribution in [1.82, 2.24) is 9.62 Å². The molecular weight excluding hydrogens is 308 g/mol. The molecule has 0 saturated carbocycles. The van der Waals surface area contributed by atoms with Crippen LogP contribution in [0.3, 0.4) is 0 Å². The topological polar surface area (TPSA) is 62.6 Å². The van der Waals surface area contributed by atoms with Gasteiger partial charge in [-0.3, -0.25) is 0 Å². The zero-order valence-corrected chi connectivity index (χ0v) is 14.1. The molecule has 7 heteroatoms. The van der Waals surface area contributed by atoms with E-state index in [0.29, 0.717) is 17.2 Å². The van der Waals surface area contributed by atoms with Crippen molar-refractivity contribution in [3.05, 3.63) is 40.0 Å². The number of aryl methyl sites for hydroxylation is 1. The van der Waals surface area contributed by atoms with Gasteiger partial charge >= 0.3 is 0 Å². The molecule has 2 rings (SSSR count). The first kappa shape index (κ1) is 16.2. The molecule has 1 N–H and O–H groups in total. The van der Waals surface area contributed by atoms with Gasteiger partial charge in [0.1, 0.15) is 5.76 Å². The largest absolute Gasteiger partial charge is 0.468 e. The van der Waals surface area contributed by atoms with Gasteiger partial charge in [-0.1, -0.05) is 6.92 Å². The van der Waals surface area contributed by atoms with Crippen LogP contribution >= 0.6 is 11.3 Å². The Morgan fingerprint density at radius 1 is 1.43 bits per heavy atom. The van der Waals surface area contributed by atoms with E-state index in [1.165, 1.54) is 15.6 Å². The van der Waals surface area contributed by atoms with Gasteiger partial charge in [0.25, 0.3) is 0 Å². The van der Waals surface area contributed by atoms with E-state index in [9.17, 15) is 8.42 Å². The summed E-state index contributed by atoms with van der Waals surface area (Å²) in [5.74, 6) is 0.627. The Morgan fingerprint density at radius 3 is 2.81 bits per heavy atom. The first-order chi connectivity index (χ1) is 9.95. The van der Waals surface area contributed by atoms with Gasteiger partial charge in [-0.25, -0.2) is 8.42 Å². The van der Waals surface area contributed by atoms with Crippen LogP contribution in [0.5, 0.6) is 0 Å². The van der Waals surface area contributed by atoms with Crippen molar-refractivity contribution in [2.24, 2.45) is 0 Å². The van der Waals surface area contributed by atoms with Crippen molar-refractivity contribution in [3.63, 3.8) is 0 Å². The monoisotopic (exact) mass is 328 g/mol. The maximum atomic E-state index is 12.6. The van der Waals surface area contributed by atoms with Gasteiger partial charge in [-0.15, -0.1) is 11.3 Å². The lowest BCUT2D eigenvalue weighted by Gasteiger charge is -2.15. The molecule has 0 aliphatic heterocycles. The van der Waals surface area contributed by atoms with Gasteiger partial charge in [-0.2, -0.15) is 4.31 Å². The lowest BCUT2D eigenvalue weighted by molar-refractivity contribution is 0.406. The molecule has 2 aromatic heterocycles. The van der Waals surface area contributed by atoms with Crippen LogP contribution in [0, 0.1) is 6.92 Å². The van der Waals surface area contributed by atoms with Gasteiger partial charge in [0, 0.05) is 23.3 Å². The summed E-state index contributed by atoms with van der Waals surface area (Å²) in [7, 11) is -1.93. The molecule has 0 spiro atoms. The van der Waals surface area contributed by atoms with E-state index in [-0.39, 0.29) is 6.54 Å². The molecule has 21 heavy (non-hydrogen) atoms. The Balaban J connectivity index is 2.20. The molecule has 0 aliphatic rings. The van der Waals surface area contributed by atoms with Crippen molar-refractivity contribution in [2.75, 3.05) is 13.6 Å². The van der Waals surface area contributed by atoms with Crippen LogP contribution in [0.4, 0.5) is 0 Å². The predicted octanol–water partition coefficient (Wildman–Crippen LogP) is 2.58. The normalized spacial score (nSPS) is 12.2. The second-order valence-electron chi connectivity index (χ2n) is 4.75. The molecule has 2 aromatic rings. The second kappa shape index (κ2) is 6.74. The summed E-state index contributed by atoms with van der Waals surface area (Å²) in [6.07, 6.45) is 1.54. The molecule has 0 saturated heterocycles. The van der Waals surface area contributed by atoms with Gasteiger partial charge < -0.3 is 9.73 Å². The fraction of sp³-hybridized carbons (Fsp3) is 0.429. The fourth-order valence-corrected chi connectivity index (χ4v) is 4.70. The van der Waals surface area contributed by atoms with Crippen LogP contribution in [0.2, 0.25) is 0 Å². The van der Waals surface area contributed by atoms with Gasteiger partial charge in [0.05, 0.1) is 17.7 Å². The van der Waals surface area contributed by atoms with Crippen LogP contribution in [0.1, 0.15) is 22.4 Å². The van der Waals surface area contributed by atoms with Gasteiger partial charge in [0.2, 0.25) is 10.0 Å². The molecule has 0 atom stereocenters. The number of rotatable bonds is 7. The SMILES string of the molecule is CCNCc1cc(S(=O)(=O)N(C)Cc2ccco2)c(C)s1. The average Bonchev–Trinajstić information content (AvgIpc) is 3.06. The highest BCUT2D eigenvalue weighted by Crippen LogP contribution is 2.28. The molecule has 0 aliphatic carbocycles. The Hall–Kier alpha value is -1.15. The fourth-order valence-electron chi connectivity index (χ4n) is 1.99. The number of furan rings is 1. The predicted molar refractivity (Wildman–Crippen MR) is 83.8 cm³/mol. The summed E-state index contributed by atoms with van der Waals surface area (Å²) >= 11 is 1.51. The van der Waals surface area contributed by atoms with Crippen LogP contribution in [0.25, 0.3) is 0 Å². The van der Waals surface area contributed by atoms with Crippen molar-refractivity contribution in [3.8, 4) is 0 Å². The third-order valence-electron chi connectivity index (χ3n) is 3.12. The first-order valence-electron chi connectivity index (χ1n) is 6.74. The molecule has 2 heterocycles. The number of thiophene rings is 1. The van der Waals surface area contributed by atoms with Crippen molar-refractivity contribution < 1.29 is 12.8 Å². The van der Waals surface area contributed by atoms with E-state index >= 15 is 0 Å². The molecule has 116 valence electrons. The highest BCUT2D eigenvalue weighted by molar-refractivity contribution is 7.89. The van der Waals surface area contributed by atoms with E-state index in [0.717, 1.165) is 16.3 Å². The first-order valence-corrected chi connectivity index (χ1v) is 8.99. The summed E-state index contributed by atoms with van der Waals surface area (Å²) in [4.78, 5) is 2.22. The maximum absolute atomic E-state index is 12.6. The Kier molecular flexibility index (Phi) is 5.21. The highest BCUT2D eigenvalue weighted by Gasteiger charge is 2.25. The van der Waals surface area contributed by atoms with E-state index in [1.54, 1.807) is 31.5 Å². The molecule has 0 aromatic carbocycles. The van der Waals surface area contributed by atoms with Crippen molar-refractivity contribution in [1.29, 1.82) is 0 Å². The zero-order valence-electron chi connectivity index (χ0n) is 12.4. The van der Waals surface area contributed by atoms with Gasteiger partial charge in [-0.05, 0) is 31.7 Å². The maximum Gasteiger partial charge on any atom is 0.244 e. The molecular formula is C14H20N2O3S2. The van der Waals surface area contributed by atoms with Crippen LogP contribution in [-0.4, -0.2) is 26.3 Å². The molecule has 5 nitrogen and oxygen atoms in total. The molecule has 0 amide bonds. The van der Waals surface area contributed by atoms with E-state index in [1.807, 2.05) is 13.8 Å². The highest BCUT2D eigenvalue weighted by atomic mass is 32.2. The summed E-state index contributed by atoms with van der Waals surface area (Å²) in [6.45, 7) is 5.65. The number of hydrogen-bond donors (Lipinski definition) is 1. The van der Waals surface area contributed by atoms with Crippen LogP contribution in [0.15, 0.2) is 33.8 Å². The van der Waals surface area contributed by atoms with E-state index in [2.05, 4.69) is 5.32 Å². The number of nitrogens with one attached hydrogen (secondary N) is 1. The van der Waals surface area contributed by atoms with Gasteiger partial charge in [0.15, 0.2) is 0 Å². The minimum atomic E-state index is -3.49. The van der Waals surface area contributed by atoms with Crippen molar-refractivity contribution >= 4 is 21.4 Å². The minimum absolute atomic E-state index is 0.229. The quantitative estimate of drug-likeness (QED) is 0.848. The van der Waals surface area contributed by atoms with E-state index in [4.69, 9.17) is 4.42 Å². The smallest absolute Gasteiger partial charge is 0.244 e. The third-order valence-corrected chi connectivity index (χ3v) is 6.23. The Bertz CT molecular complexity index is 675. The summed E-state index contributed by atoms with van der Waals surface area (Å²) in [6, 6.07) is 5.28. The van der Waals surface area contributed by atoms with Crippen molar-refractivity contribution in [2.45, 2.75) is 31.8 Å². The second-order valence-corrected chi connectivity index (χ2v) is 8.11. The summed E-state index contributed by atoms with van der Waals surface area (Å²) < 4.78 is 31.8. The number of hydrogen-bond acceptors (Lipinski definition) is 5. The molecule has 0 unspecified atom stereocenters. The molecule has 0 bridgehead atoms. The molecule has 0 fully saturated rings. The number of sulfonamides is 1. The number of nitrogens with zero attached hydrogens (tertiary/aromatic N) is 1. The average molecular weight is 328 g/mol. The summed E-state index contributed by atoms with van der Waals surface area (Å²) in [5.41, 5.74) is 0. The summed E-state index contributed by atoms with van der Waals surface area (Å²) in [5, 5.41) is 3.21. The Morgan fingerprint density at radius 2 is 2.19 bits per heavy atom. The minimum Gasteiger partial charge on any atom is -0.468 e. The third kappa shape index (κ3) is 3.74.